The molecule has 0 saturated carbocycles. The molecule has 0 radical (unpaired) electrons. The molecule has 7 nitrogen and oxygen atoms in total. The average molecular weight is 391 g/mol. The number of methoxy groups -OCH3 is 1. The second-order valence-electron chi connectivity index (χ2n) is 6.90. The van der Waals surface area contributed by atoms with E-state index in [4.69, 9.17) is 4.74 Å². The van der Waals surface area contributed by atoms with Crippen molar-refractivity contribution in [2.45, 2.75) is 11.8 Å². The van der Waals surface area contributed by atoms with Gasteiger partial charge in [-0.1, -0.05) is 6.07 Å². The zero-order chi connectivity index (χ0) is 19.8. The third-order valence-corrected chi connectivity index (χ3v) is 6.88. The van der Waals surface area contributed by atoms with Gasteiger partial charge in [0, 0.05) is 45.0 Å². The smallest absolute Gasteiger partial charge is 0.253 e. The SMILES string of the molecule is COc1cc(-c2cc(C)c(=O)n(C)c2)ccc1S(=O)(=O)N1CCN(C)CC1. The summed E-state index contributed by atoms with van der Waals surface area (Å²) in [6.45, 7) is 4.09. The molecule has 0 unspecified atom stereocenters. The Labute approximate surface area is 159 Å². The van der Waals surface area contributed by atoms with E-state index >= 15 is 0 Å². The second kappa shape index (κ2) is 7.46. The molecule has 3 rings (SSSR count). The first-order chi connectivity index (χ1) is 12.7. The number of aryl methyl sites for hydroxylation is 2. The van der Waals surface area contributed by atoms with Crippen LogP contribution in [0.2, 0.25) is 0 Å². The van der Waals surface area contributed by atoms with Gasteiger partial charge in [-0.2, -0.15) is 4.31 Å². The fourth-order valence-corrected chi connectivity index (χ4v) is 4.82. The lowest BCUT2D eigenvalue weighted by Gasteiger charge is -2.31. The van der Waals surface area contributed by atoms with Crippen molar-refractivity contribution in [1.29, 1.82) is 0 Å². The van der Waals surface area contributed by atoms with Crippen LogP contribution in [0.4, 0.5) is 0 Å². The number of hydrogen-bond donors (Lipinski definition) is 0. The van der Waals surface area contributed by atoms with Gasteiger partial charge >= 0.3 is 0 Å². The molecule has 0 aliphatic carbocycles. The molecule has 0 atom stereocenters. The third-order valence-electron chi connectivity index (χ3n) is 4.94. The van der Waals surface area contributed by atoms with Crippen LogP contribution in [0.3, 0.4) is 0 Å². The Kier molecular flexibility index (Phi) is 5.41. The quantitative estimate of drug-likeness (QED) is 0.786. The Morgan fingerprint density at radius 1 is 1.00 bits per heavy atom. The number of piperazine rings is 1. The van der Waals surface area contributed by atoms with E-state index in [1.54, 1.807) is 44.4 Å². The number of sulfonamides is 1. The van der Waals surface area contributed by atoms with E-state index in [1.807, 2.05) is 7.05 Å². The highest BCUT2D eigenvalue weighted by molar-refractivity contribution is 7.89. The number of nitrogens with zero attached hydrogens (tertiary/aromatic N) is 3. The van der Waals surface area contributed by atoms with Crippen molar-refractivity contribution in [3.8, 4) is 16.9 Å². The van der Waals surface area contributed by atoms with Crippen molar-refractivity contribution in [3.05, 3.63) is 46.4 Å². The summed E-state index contributed by atoms with van der Waals surface area (Å²) in [7, 11) is 1.52. The number of aromatic nitrogens is 1. The van der Waals surface area contributed by atoms with Gasteiger partial charge in [0.2, 0.25) is 10.0 Å². The molecule has 27 heavy (non-hydrogen) atoms. The van der Waals surface area contributed by atoms with Crippen molar-refractivity contribution >= 4 is 10.0 Å². The van der Waals surface area contributed by atoms with Crippen LogP contribution in [0.5, 0.6) is 5.75 Å². The van der Waals surface area contributed by atoms with Gasteiger partial charge in [-0.3, -0.25) is 4.79 Å². The molecule has 0 N–H and O–H groups in total. The summed E-state index contributed by atoms with van der Waals surface area (Å²) >= 11 is 0. The first kappa shape index (κ1) is 19.6. The van der Waals surface area contributed by atoms with Gasteiger partial charge in [0.05, 0.1) is 7.11 Å². The normalized spacial score (nSPS) is 16.4. The lowest BCUT2D eigenvalue weighted by Crippen LogP contribution is -2.47. The molecule has 0 amide bonds. The number of ether oxygens (including phenoxy) is 1. The maximum atomic E-state index is 13.1. The zero-order valence-corrected chi connectivity index (χ0v) is 16.9. The summed E-state index contributed by atoms with van der Waals surface area (Å²) in [6.07, 6.45) is 1.73. The van der Waals surface area contributed by atoms with E-state index in [0.717, 1.165) is 11.1 Å². The van der Waals surface area contributed by atoms with E-state index < -0.39 is 10.0 Å². The summed E-state index contributed by atoms with van der Waals surface area (Å²) < 4.78 is 34.5. The van der Waals surface area contributed by atoms with E-state index in [2.05, 4.69) is 4.90 Å². The molecule has 146 valence electrons. The van der Waals surface area contributed by atoms with Gasteiger partial charge in [0.15, 0.2) is 0 Å². The Morgan fingerprint density at radius 3 is 2.26 bits per heavy atom. The Bertz CT molecular complexity index is 980. The lowest BCUT2D eigenvalue weighted by molar-refractivity contribution is 0.222. The molecule has 1 aromatic carbocycles. The third kappa shape index (κ3) is 3.78. The predicted octanol–water partition coefficient (Wildman–Crippen LogP) is 1.31. The van der Waals surface area contributed by atoms with Crippen molar-refractivity contribution in [2.75, 3.05) is 40.3 Å². The Balaban J connectivity index is 2.01. The molecule has 0 bridgehead atoms. The first-order valence-corrected chi connectivity index (χ1v) is 10.2. The monoisotopic (exact) mass is 391 g/mol. The minimum Gasteiger partial charge on any atom is -0.495 e. The van der Waals surface area contributed by atoms with Crippen LogP contribution in [-0.2, 0) is 17.1 Å². The van der Waals surface area contributed by atoms with Gasteiger partial charge < -0.3 is 14.2 Å². The van der Waals surface area contributed by atoms with Crippen LogP contribution < -0.4 is 10.3 Å². The van der Waals surface area contributed by atoms with Crippen LogP contribution in [0.15, 0.2) is 40.2 Å². The minimum absolute atomic E-state index is 0.0556. The van der Waals surface area contributed by atoms with Gasteiger partial charge in [0.1, 0.15) is 10.6 Å². The number of benzene rings is 1. The molecule has 1 aliphatic rings. The van der Waals surface area contributed by atoms with E-state index in [1.165, 1.54) is 16.0 Å². The summed E-state index contributed by atoms with van der Waals surface area (Å²) in [4.78, 5) is 14.2. The average Bonchev–Trinajstić information content (AvgIpc) is 2.65. The predicted molar refractivity (Wildman–Crippen MR) is 105 cm³/mol. The largest absolute Gasteiger partial charge is 0.495 e. The van der Waals surface area contributed by atoms with Crippen LogP contribution in [-0.4, -0.2) is 62.5 Å². The fraction of sp³-hybridized carbons (Fsp3) is 0.421. The highest BCUT2D eigenvalue weighted by Crippen LogP contribution is 2.32. The molecule has 2 aromatic rings. The van der Waals surface area contributed by atoms with Gasteiger partial charge in [-0.05, 0) is 43.3 Å². The summed E-state index contributed by atoms with van der Waals surface area (Å²) in [5, 5.41) is 0. The fourth-order valence-electron chi connectivity index (χ4n) is 3.26. The molecular weight excluding hydrogens is 366 g/mol. The zero-order valence-electron chi connectivity index (χ0n) is 16.1. The number of likely N-dealkylation sites (N-methyl/N-ethyl adjacent to an activating group) is 1. The second-order valence-corrected chi connectivity index (χ2v) is 8.81. The summed E-state index contributed by atoms with van der Waals surface area (Å²) in [5.74, 6) is 0.304. The molecule has 0 spiro atoms. The molecule has 1 aromatic heterocycles. The molecule has 1 fully saturated rings. The maximum absolute atomic E-state index is 13.1. The molecule has 1 saturated heterocycles. The van der Waals surface area contributed by atoms with E-state index in [-0.39, 0.29) is 10.5 Å². The van der Waals surface area contributed by atoms with Gasteiger partial charge in [-0.15, -0.1) is 0 Å². The summed E-state index contributed by atoms with van der Waals surface area (Å²) in [6, 6.07) is 6.85. The van der Waals surface area contributed by atoms with Crippen LogP contribution >= 0.6 is 0 Å². The molecule has 1 aliphatic heterocycles. The first-order valence-electron chi connectivity index (χ1n) is 8.78. The van der Waals surface area contributed by atoms with Crippen LogP contribution in [0, 0.1) is 6.92 Å². The number of hydrogen-bond acceptors (Lipinski definition) is 5. The van der Waals surface area contributed by atoms with Crippen molar-refractivity contribution in [2.24, 2.45) is 7.05 Å². The molecule has 8 heteroatoms. The van der Waals surface area contributed by atoms with E-state index in [9.17, 15) is 13.2 Å². The van der Waals surface area contributed by atoms with E-state index in [0.29, 0.717) is 37.5 Å². The Hall–Kier alpha value is -2.16. The van der Waals surface area contributed by atoms with Crippen molar-refractivity contribution < 1.29 is 13.2 Å². The minimum atomic E-state index is -3.62. The highest BCUT2D eigenvalue weighted by atomic mass is 32.2. The lowest BCUT2D eigenvalue weighted by atomic mass is 10.1. The Morgan fingerprint density at radius 2 is 1.67 bits per heavy atom. The molecule has 2 heterocycles. The van der Waals surface area contributed by atoms with Crippen LogP contribution in [0.25, 0.3) is 11.1 Å². The van der Waals surface area contributed by atoms with Crippen LogP contribution in [0.1, 0.15) is 5.56 Å². The highest BCUT2D eigenvalue weighted by Gasteiger charge is 2.30. The van der Waals surface area contributed by atoms with Crippen molar-refractivity contribution in [3.63, 3.8) is 0 Å². The summed E-state index contributed by atoms with van der Waals surface area (Å²) in [5.41, 5.74) is 2.20. The van der Waals surface area contributed by atoms with Gasteiger partial charge in [0.25, 0.3) is 5.56 Å². The number of pyridine rings is 1. The molecular formula is C19H25N3O4S. The number of rotatable bonds is 4. The topological polar surface area (TPSA) is 71.8 Å². The van der Waals surface area contributed by atoms with Crippen molar-refractivity contribution in [1.82, 2.24) is 13.8 Å². The van der Waals surface area contributed by atoms with Gasteiger partial charge in [-0.25, -0.2) is 8.42 Å². The maximum Gasteiger partial charge on any atom is 0.253 e. The standard InChI is InChI=1S/C19H25N3O4S/c1-14-11-16(13-21(3)19(14)23)15-5-6-18(17(12-15)26-4)27(24,25)22-9-7-20(2)8-10-22/h5-6,11-13H,7-10H2,1-4H3.